The molecule has 0 radical (unpaired) electrons. The molecule has 2 aromatic rings. The van der Waals surface area contributed by atoms with Crippen molar-refractivity contribution in [2.45, 2.75) is 13.3 Å². The van der Waals surface area contributed by atoms with E-state index in [0.717, 1.165) is 17.7 Å². The van der Waals surface area contributed by atoms with Crippen molar-refractivity contribution in [2.24, 2.45) is 0 Å². The molecule has 2 rings (SSSR count). The molecule has 0 saturated carbocycles. The second-order valence-corrected chi connectivity index (χ2v) is 6.01. The molecule has 0 bridgehead atoms. The first-order valence-corrected chi connectivity index (χ1v) is 8.47. The summed E-state index contributed by atoms with van der Waals surface area (Å²) in [4.78, 5) is 23.7. The third kappa shape index (κ3) is 5.96. The summed E-state index contributed by atoms with van der Waals surface area (Å²) in [6, 6.07) is 12.2. The van der Waals surface area contributed by atoms with Crippen molar-refractivity contribution in [1.82, 2.24) is 5.32 Å². The summed E-state index contributed by atoms with van der Waals surface area (Å²) < 4.78 is 5.30. The van der Waals surface area contributed by atoms with Gasteiger partial charge in [-0.25, -0.2) is 0 Å². The lowest BCUT2D eigenvalue weighted by molar-refractivity contribution is -0.125. The van der Waals surface area contributed by atoms with Crippen molar-refractivity contribution in [3.05, 3.63) is 58.1 Å². The average Bonchev–Trinajstić information content (AvgIpc) is 2.61. The molecule has 0 aliphatic rings. The third-order valence-corrected chi connectivity index (χ3v) is 4.12. The fraction of sp³-hybridized carbons (Fsp3) is 0.222. The fourth-order valence-electron chi connectivity index (χ4n) is 2.09. The molecule has 0 aromatic heterocycles. The highest BCUT2D eigenvalue weighted by atomic mass is 35.5. The highest BCUT2D eigenvalue weighted by Gasteiger charge is 2.09. The lowest BCUT2D eigenvalue weighted by atomic mass is 10.1. The predicted molar refractivity (Wildman–Crippen MR) is 99.4 cm³/mol. The van der Waals surface area contributed by atoms with Crippen LogP contribution in [0.15, 0.2) is 42.5 Å². The molecule has 0 heterocycles. The van der Waals surface area contributed by atoms with E-state index in [2.05, 4.69) is 10.6 Å². The molecule has 0 saturated heterocycles. The molecule has 2 aromatic carbocycles. The number of halogens is 2. The van der Waals surface area contributed by atoms with E-state index in [-0.39, 0.29) is 19.1 Å². The van der Waals surface area contributed by atoms with Crippen molar-refractivity contribution < 1.29 is 14.3 Å². The maximum absolute atomic E-state index is 11.9. The Morgan fingerprint density at radius 3 is 2.52 bits per heavy atom. The number of benzene rings is 2. The number of rotatable bonds is 7. The molecule has 0 atom stereocenters. The Balaban J connectivity index is 1.77. The number of ether oxygens (including phenoxy) is 1. The molecule has 2 amide bonds. The Labute approximate surface area is 156 Å². The number of carbonyl (C=O) groups is 2. The summed E-state index contributed by atoms with van der Waals surface area (Å²) in [5.74, 6) is -0.292. The minimum absolute atomic E-state index is 0.137. The van der Waals surface area contributed by atoms with Gasteiger partial charge in [0.15, 0.2) is 6.61 Å². The number of aryl methyl sites for hydroxylation is 1. The van der Waals surface area contributed by atoms with E-state index in [1.54, 1.807) is 12.1 Å². The zero-order chi connectivity index (χ0) is 18.2. The van der Waals surface area contributed by atoms with Gasteiger partial charge in [0.25, 0.3) is 5.91 Å². The smallest absolute Gasteiger partial charge is 0.258 e. The van der Waals surface area contributed by atoms with Crippen LogP contribution in [0, 0.1) is 0 Å². The fourth-order valence-corrected chi connectivity index (χ4v) is 2.38. The Bertz CT molecular complexity index is 766. The predicted octanol–water partition coefficient (Wildman–Crippen LogP) is 3.69. The first kappa shape index (κ1) is 19.1. The van der Waals surface area contributed by atoms with Crippen LogP contribution in [-0.2, 0) is 16.0 Å². The second kappa shape index (κ2) is 9.30. The first-order valence-electron chi connectivity index (χ1n) is 7.72. The van der Waals surface area contributed by atoms with Gasteiger partial charge in [0.2, 0.25) is 5.91 Å². The quantitative estimate of drug-likeness (QED) is 0.769. The third-order valence-electron chi connectivity index (χ3n) is 3.38. The zero-order valence-electron chi connectivity index (χ0n) is 13.6. The Kier molecular flexibility index (Phi) is 7.10. The molecule has 0 spiro atoms. The summed E-state index contributed by atoms with van der Waals surface area (Å²) >= 11 is 11.7. The summed E-state index contributed by atoms with van der Waals surface area (Å²) in [7, 11) is 0. The van der Waals surface area contributed by atoms with Crippen LogP contribution < -0.4 is 15.4 Å². The topological polar surface area (TPSA) is 67.4 Å². The van der Waals surface area contributed by atoms with Crippen LogP contribution in [0.1, 0.15) is 12.5 Å². The molecule has 0 aliphatic heterocycles. The van der Waals surface area contributed by atoms with Gasteiger partial charge in [-0.15, -0.1) is 0 Å². The van der Waals surface area contributed by atoms with Crippen LogP contribution in [0.4, 0.5) is 5.69 Å². The van der Waals surface area contributed by atoms with Gasteiger partial charge in [0.05, 0.1) is 16.6 Å². The van der Waals surface area contributed by atoms with Crippen molar-refractivity contribution in [3.8, 4) is 5.75 Å². The normalized spacial score (nSPS) is 10.2. The van der Waals surface area contributed by atoms with E-state index < -0.39 is 5.91 Å². The number of carbonyl (C=O) groups excluding carboxylic acids is 2. The molecular formula is C18H18Cl2N2O3. The van der Waals surface area contributed by atoms with Crippen molar-refractivity contribution in [2.75, 3.05) is 18.5 Å². The SMILES string of the molecule is CCc1ccccc1NC(=O)CNC(=O)COc1ccc(Cl)c(Cl)c1. The summed E-state index contributed by atoms with van der Waals surface area (Å²) in [5, 5.41) is 6.03. The van der Waals surface area contributed by atoms with Crippen LogP contribution in [0.25, 0.3) is 0 Å². The monoisotopic (exact) mass is 380 g/mol. The number of para-hydroxylation sites is 1. The van der Waals surface area contributed by atoms with Crippen LogP contribution in [-0.4, -0.2) is 25.0 Å². The highest BCUT2D eigenvalue weighted by Crippen LogP contribution is 2.26. The van der Waals surface area contributed by atoms with Crippen molar-refractivity contribution in [1.29, 1.82) is 0 Å². The van der Waals surface area contributed by atoms with Crippen LogP contribution in [0.5, 0.6) is 5.75 Å². The van der Waals surface area contributed by atoms with E-state index in [1.165, 1.54) is 6.07 Å². The van der Waals surface area contributed by atoms with E-state index in [1.807, 2.05) is 31.2 Å². The van der Waals surface area contributed by atoms with Crippen LogP contribution >= 0.6 is 23.2 Å². The lowest BCUT2D eigenvalue weighted by Crippen LogP contribution is -2.35. The summed E-state index contributed by atoms with van der Waals surface area (Å²) in [5.41, 5.74) is 1.78. The number of anilines is 1. The molecule has 0 fully saturated rings. The van der Waals surface area contributed by atoms with Crippen molar-refractivity contribution >= 4 is 40.7 Å². The summed E-state index contributed by atoms with van der Waals surface area (Å²) in [6.07, 6.45) is 0.806. The molecule has 132 valence electrons. The lowest BCUT2D eigenvalue weighted by Gasteiger charge is -2.11. The minimum Gasteiger partial charge on any atom is -0.484 e. The van der Waals surface area contributed by atoms with Gasteiger partial charge >= 0.3 is 0 Å². The van der Waals surface area contributed by atoms with Gasteiger partial charge < -0.3 is 15.4 Å². The number of hydrogen-bond donors (Lipinski definition) is 2. The van der Waals surface area contributed by atoms with E-state index >= 15 is 0 Å². The molecule has 25 heavy (non-hydrogen) atoms. The van der Waals surface area contributed by atoms with Crippen LogP contribution in [0.2, 0.25) is 10.0 Å². The molecular weight excluding hydrogens is 363 g/mol. The average molecular weight is 381 g/mol. The van der Waals surface area contributed by atoms with Crippen molar-refractivity contribution in [3.63, 3.8) is 0 Å². The van der Waals surface area contributed by atoms with Gasteiger partial charge in [-0.05, 0) is 30.2 Å². The molecule has 0 aliphatic carbocycles. The zero-order valence-corrected chi connectivity index (χ0v) is 15.2. The molecule has 7 heteroatoms. The number of hydrogen-bond acceptors (Lipinski definition) is 3. The Morgan fingerprint density at radius 2 is 1.80 bits per heavy atom. The first-order chi connectivity index (χ1) is 12.0. The maximum Gasteiger partial charge on any atom is 0.258 e. The Morgan fingerprint density at radius 1 is 1.04 bits per heavy atom. The minimum atomic E-state index is -0.412. The highest BCUT2D eigenvalue weighted by molar-refractivity contribution is 6.42. The van der Waals surface area contributed by atoms with Gasteiger partial charge in [-0.1, -0.05) is 48.3 Å². The maximum atomic E-state index is 11.9. The van der Waals surface area contributed by atoms with E-state index in [0.29, 0.717) is 15.8 Å². The molecule has 0 unspecified atom stereocenters. The Hall–Kier alpha value is -2.24. The molecule has 2 N–H and O–H groups in total. The van der Waals surface area contributed by atoms with Gasteiger partial charge in [-0.2, -0.15) is 0 Å². The number of nitrogens with one attached hydrogen (secondary N) is 2. The largest absolute Gasteiger partial charge is 0.484 e. The second-order valence-electron chi connectivity index (χ2n) is 5.20. The van der Waals surface area contributed by atoms with Gasteiger partial charge in [-0.3, -0.25) is 9.59 Å². The number of amides is 2. The van der Waals surface area contributed by atoms with E-state index in [4.69, 9.17) is 27.9 Å². The summed E-state index contributed by atoms with van der Waals surface area (Å²) in [6.45, 7) is 1.64. The van der Waals surface area contributed by atoms with Gasteiger partial charge in [0, 0.05) is 11.8 Å². The van der Waals surface area contributed by atoms with Gasteiger partial charge in [0.1, 0.15) is 5.75 Å². The van der Waals surface area contributed by atoms with Crippen LogP contribution in [0.3, 0.4) is 0 Å². The standard InChI is InChI=1S/C18H18Cl2N2O3/c1-2-12-5-3-4-6-16(12)22-17(23)10-21-18(24)11-25-13-7-8-14(19)15(20)9-13/h3-9H,2,10-11H2,1H3,(H,21,24)(H,22,23). The molecule has 5 nitrogen and oxygen atoms in total. The van der Waals surface area contributed by atoms with E-state index in [9.17, 15) is 9.59 Å².